The maximum absolute atomic E-state index is 11.2. The standard InChI is InChI=1S/C31H33N3O4/c1-7-8-24(16-28(35)36)23-9-11-25(12-10-23)38-18-22-15-27(29-20(4)13-26(37-6)14-21(29)5)31-32-30(19(2)3)33-34(31)17-22/h9-15,17,19,24H,16,18H2,1-6H3,(H,35,36)/t24-/m0/s1. The molecule has 1 N–H and O–H groups in total. The van der Waals surface area contributed by atoms with E-state index in [4.69, 9.17) is 19.6 Å². The second kappa shape index (κ2) is 11.4. The van der Waals surface area contributed by atoms with Crippen molar-refractivity contribution >= 4 is 11.6 Å². The van der Waals surface area contributed by atoms with Crippen molar-refractivity contribution in [2.75, 3.05) is 7.11 Å². The number of rotatable bonds is 9. The third-order valence-electron chi connectivity index (χ3n) is 6.42. The van der Waals surface area contributed by atoms with Crippen molar-refractivity contribution in [3.05, 3.63) is 76.7 Å². The number of aliphatic carboxylic acids is 1. The lowest BCUT2D eigenvalue weighted by atomic mass is 9.95. The molecule has 0 aliphatic carbocycles. The van der Waals surface area contributed by atoms with Crippen molar-refractivity contribution in [1.29, 1.82) is 0 Å². The second-order valence-corrected chi connectivity index (χ2v) is 9.69. The fourth-order valence-corrected chi connectivity index (χ4v) is 4.60. The molecule has 0 saturated carbocycles. The Bertz CT molecular complexity index is 1500. The van der Waals surface area contributed by atoms with Crippen LogP contribution in [0.3, 0.4) is 0 Å². The fourth-order valence-electron chi connectivity index (χ4n) is 4.60. The number of nitrogens with zero attached hydrogens (tertiary/aromatic N) is 3. The molecule has 0 unspecified atom stereocenters. The van der Waals surface area contributed by atoms with Crippen LogP contribution in [-0.2, 0) is 11.4 Å². The number of methoxy groups -OCH3 is 1. The Morgan fingerprint density at radius 3 is 2.34 bits per heavy atom. The minimum Gasteiger partial charge on any atom is -0.497 e. The predicted molar refractivity (Wildman–Crippen MR) is 148 cm³/mol. The van der Waals surface area contributed by atoms with Crippen LogP contribution in [-0.4, -0.2) is 32.8 Å². The Morgan fingerprint density at radius 2 is 1.76 bits per heavy atom. The van der Waals surface area contributed by atoms with Gasteiger partial charge in [-0.1, -0.05) is 31.9 Å². The van der Waals surface area contributed by atoms with Crippen LogP contribution in [0.4, 0.5) is 0 Å². The molecule has 2 heterocycles. The summed E-state index contributed by atoms with van der Waals surface area (Å²) in [5.41, 5.74) is 6.90. The van der Waals surface area contributed by atoms with Gasteiger partial charge < -0.3 is 14.6 Å². The molecule has 0 amide bonds. The van der Waals surface area contributed by atoms with Gasteiger partial charge in [0.1, 0.15) is 18.1 Å². The van der Waals surface area contributed by atoms with E-state index < -0.39 is 5.97 Å². The average molecular weight is 512 g/mol. The highest BCUT2D eigenvalue weighted by molar-refractivity contribution is 5.82. The molecule has 0 aliphatic heterocycles. The normalized spacial score (nSPS) is 11.8. The number of benzene rings is 2. The Hall–Kier alpha value is -4.31. The number of carboxylic acids is 1. The summed E-state index contributed by atoms with van der Waals surface area (Å²) in [5.74, 6) is 7.07. The SMILES string of the molecule is CC#C[C@@H](CC(=O)O)c1ccc(OCc2cc(-c3c(C)cc(OC)cc3C)c3nc(C(C)C)nn3c2)cc1. The molecule has 7 heteroatoms. The lowest BCUT2D eigenvalue weighted by Gasteiger charge is -2.15. The third kappa shape index (κ3) is 5.81. The quantitative estimate of drug-likeness (QED) is 0.265. The van der Waals surface area contributed by atoms with E-state index in [1.54, 1.807) is 14.0 Å². The molecule has 196 valence electrons. The Balaban J connectivity index is 1.67. The second-order valence-electron chi connectivity index (χ2n) is 9.69. The predicted octanol–water partition coefficient (Wildman–Crippen LogP) is 6.31. The Labute approximate surface area is 223 Å². The van der Waals surface area contributed by atoms with Gasteiger partial charge in [-0.15, -0.1) is 5.92 Å². The molecule has 38 heavy (non-hydrogen) atoms. The molecule has 1 atom stereocenters. The van der Waals surface area contributed by atoms with Crippen molar-refractivity contribution in [3.8, 4) is 34.5 Å². The van der Waals surface area contributed by atoms with Gasteiger partial charge in [-0.2, -0.15) is 5.10 Å². The lowest BCUT2D eigenvalue weighted by molar-refractivity contribution is -0.137. The largest absolute Gasteiger partial charge is 0.497 e. The maximum Gasteiger partial charge on any atom is 0.304 e. The van der Waals surface area contributed by atoms with E-state index in [0.29, 0.717) is 12.4 Å². The van der Waals surface area contributed by atoms with Crippen LogP contribution in [0, 0.1) is 25.7 Å². The molecular formula is C31H33N3O4. The number of carboxylic acid groups (broad SMARTS) is 1. The van der Waals surface area contributed by atoms with Gasteiger partial charge in [-0.3, -0.25) is 4.79 Å². The minimum atomic E-state index is -0.875. The summed E-state index contributed by atoms with van der Waals surface area (Å²) in [6.45, 7) is 10.4. The summed E-state index contributed by atoms with van der Waals surface area (Å²) in [6, 6.07) is 13.6. The molecular weight excluding hydrogens is 478 g/mol. The summed E-state index contributed by atoms with van der Waals surface area (Å²) >= 11 is 0. The number of ether oxygens (including phenoxy) is 2. The molecule has 0 radical (unpaired) electrons. The average Bonchev–Trinajstić information content (AvgIpc) is 3.32. The maximum atomic E-state index is 11.2. The zero-order valence-corrected chi connectivity index (χ0v) is 22.7. The first-order valence-electron chi connectivity index (χ1n) is 12.6. The molecule has 0 aliphatic rings. The number of hydrogen-bond donors (Lipinski definition) is 1. The van der Waals surface area contributed by atoms with Crippen LogP contribution in [0.5, 0.6) is 11.5 Å². The van der Waals surface area contributed by atoms with Crippen molar-refractivity contribution in [1.82, 2.24) is 14.6 Å². The molecule has 0 saturated heterocycles. The van der Waals surface area contributed by atoms with Gasteiger partial charge in [0.25, 0.3) is 0 Å². The van der Waals surface area contributed by atoms with Crippen molar-refractivity contribution in [3.63, 3.8) is 0 Å². The fraction of sp³-hybridized carbons (Fsp3) is 0.323. The van der Waals surface area contributed by atoms with Crippen molar-refractivity contribution < 1.29 is 19.4 Å². The number of aryl methyl sites for hydroxylation is 2. The molecule has 0 fully saturated rings. The van der Waals surface area contributed by atoms with E-state index in [2.05, 4.69) is 45.6 Å². The first-order valence-corrected chi connectivity index (χ1v) is 12.6. The number of pyridine rings is 1. The smallest absolute Gasteiger partial charge is 0.304 e. The van der Waals surface area contributed by atoms with Gasteiger partial charge in [0, 0.05) is 23.2 Å². The highest BCUT2D eigenvalue weighted by atomic mass is 16.5. The van der Waals surface area contributed by atoms with E-state index in [0.717, 1.165) is 50.6 Å². The van der Waals surface area contributed by atoms with Gasteiger partial charge in [0.05, 0.1) is 19.4 Å². The first-order chi connectivity index (χ1) is 18.2. The number of fused-ring (bicyclic) bond motifs is 1. The van der Waals surface area contributed by atoms with Gasteiger partial charge in [-0.25, -0.2) is 9.50 Å². The molecule has 0 spiro atoms. The number of hydrogen-bond acceptors (Lipinski definition) is 5. The van der Waals surface area contributed by atoms with E-state index >= 15 is 0 Å². The summed E-state index contributed by atoms with van der Waals surface area (Å²) < 4.78 is 13.4. The molecule has 4 aromatic rings. The van der Waals surface area contributed by atoms with Crippen LogP contribution in [0.1, 0.15) is 67.1 Å². The van der Waals surface area contributed by atoms with Crippen LogP contribution in [0.2, 0.25) is 0 Å². The van der Waals surface area contributed by atoms with Crippen molar-refractivity contribution in [2.45, 2.75) is 59.5 Å². The van der Waals surface area contributed by atoms with Crippen LogP contribution >= 0.6 is 0 Å². The minimum absolute atomic E-state index is 0.0374. The zero-order valence-electron chi connectivity index (χ0n) is 22.7. The Kier molecular flexibility index (Phi) is 8.02. The highest BCUT2D eigenvalue weighted by Gasteiger charge is 2.18. The lowest BCUT2D eigenvalue weighted by Crippen LogP contribution is -2.05. The van der Waals surface area contributed by atoms with Gasteiger partial charge in [0.2, 0.25) is 0 Å². The van der Waals surface area contributed by atoms with Crippen LogP contribution < -0.4 is 9.47 Å². The number of carbonyl (C=O) groups is 1. The topological polar surface area (TPSA) is 86.0 Å². The molecule has 2 aromatic carbocycles. The van der Waals surface area contributed by atoms with E-state index in [-0.39, 0.29) is 18.3 Å². The van der Waals surface area contributed by atoms with Gasteiger partial charge in [0.15, 0.2) is 11.5 Å². The van der Waals surface area contributed by atoms with E-state index in [9.17, 15) is 9.90 Å². The summed E-state index contributed by atoms with van der Waals surface area (Å²) in [7, 11) is 1.67. The molecule has 7 nitrogen and oxygen atoms in total. The van der Waals surface area contributed by atoms with Gasteiger partial charge in [-0.05, 0) is 73.4 Å². The first kappa shape index (κ1) is 26.7. The monoisotopic (exact) mass is 511 g/mol. The summed E-state index contributed by atoms with van der Waals surface area (Å²) in [5, 5.41) is 13.9. The van der Waals surface area contributed by atoms with E-state index in [1.165, 1.54) is 0 Å². The highest BCUT2D eigenvalue weighted by Crippen LogP contribution is 2.34. The summed E-state index contributed by atoms with van der Waals surface area (Å²) in [6.07, 6.45) is 1.92. The van der Waals surface area contributed by atoms with Gasteiger partial charge >= 0.3 is 5.97 Å². The van der Waals surface area contributed by atoms with Crippen LogP contribution in [0.15, 0.2) is 48.7 Å². The Morgan fingerprint density at radius 1 is 1.08 bits per heavy atom. The van der Waals surface area contributed by atoms with Crippen molar-refractivity contribution in [2.24, 2.45) is 0 Å². The summed E-state index contributed by atoms with van der Waals surface area (Å²) in [4.78, 5) is 16.1. The number of aromatic nitrogens is 3. The third-order valence-corrected chi connectivity index (χ3v) is 6.42. The van der Waals surface area contributed by atoms with Crippen LogP contribution in [0.25, 0.3) is 16.8 Å². The van der Waals surface area contributed by atoms with E-state index in [1.807, 2.05) is 47.1 Å². The molecule has 2 aromatic heterocycles. The molecule has 4 rings (SSSR count). The molecule has 0 bridgehead atoms. The zero-order chi connectivity index (χ0) is 27.4.